The fourth-order valence-corrected chi connectivity index (χ4v) is 4.05. The van der Waals surface area contributed by atoms with Crippen molar-refractivity contribution in [3.05, 3.63) is 29.8 Å². The molecular weight excluding hydrogens is 332 g/mol. The number of rotatable bonds is 6. The molecule has 2 N–H and O–H groups in total. The number of aromatic nitrogens is 5. The van der Waals surface area contributed by atoms with E-state index in [-0.39, 0.29) is 11.9 Å². The summed E-state index contributed by atoms with van der Waals surface area (Å²) in [5.41, 5.74) is 0.815. The molecule has 0 aromatic carbocycles. The lowest BCUT2D eigenvalue weighted by Gasteiger charge is -2.34. The molecule has 2 aliphatic rings. The minimum absolute atomic E-state index is 0.0357. The molecule has 26 heavy (non-hydrogen) atoms. The summed E-state index contributed by atoms with van der Waals surface area (Å²) in [7, 11) is 1.85. The number of amides is 1. The number of hydrogen-bond acceptors (Lipinski definition) is 5. The maximum absolute atomic E-state index is 12.4. The molecule has 0 spiro atoms. The highest BCUT2D eigenvalue weighted by Gasteiger charge is 2.39. The molecule has 0 aliphatic heterocycles. The first-order chi connectivity index (χ1) is 12.5. The number of aryl methyl sites for hydroxylation is 1. The van der Waals surface area contributed by atoms with Gasteiger partial charge in [-0.1, -0.05) is 11.6 Å². The van der Waals surface area contributed by atoms with Crippen LogP contribution >= 0.6 is 0 Å². The van der Waals surface area contributed by atoms with Gasteiger partial charge in [-0.2, -0.15) is 5.10 Å². The van der Waals surface area contributed by atoms with Crippen LogP contribution in [-0.4, -0.2) is 41.8 Å². The Balaban J connectivity index is 1.35. The van der Waals surface area contributed by atoms with E-state index in [2.05, 4.69) is 20.7 Å². The van der Waals surface area contributed by atoms with Gasteiger partial charge in [0, 0.05) is 31.5 Å². The third kappa shape index (κ3) is 3.38. The molecule has 0 radical (unpaired) electrons. The lowest BCUT2D eigenvalue weighted by atomic mass is 9.78. The van der Waals surface area contributed by atoms with Crippen LogP contribution < -0.4 is 5.32 Å². The number of carbonyl (C=O) groups excluding carboxylic acids is 1. The molecule has 8 nitrogen and oxygen atoms in total. The highest BCUT2D eigenvalue weighted by Crippen LogP contribution is 2.39. The number of carbonyl (C=O) groups is 1. The van der Waals surface area contributed by atoms with Gasteiger partial charge in [0.1, 0.15) is 11.3 Å². The van der Waals surface area contributed by atoms with E-state index < -0.39 is 5.60 Å². The Morgan fingerprint density at radius 2 is 2.23 bits per heavy atom. The Labute approximate surface area is 152 Å². The zero-order valence-corrected chi connectivity index (χ0v) is 15.1. The first-order valence-corrected chi connectivity index (χ1v) is 9.43. The smallest absolute Gasteiger partial charge is 0.226 e. The van der Waals surface area contributed by atoms with Crippen LogP contribution in [0.3, 0.4) is 0 Å². The zero-order chi connectivity index (χ0) is 18.1. The number of aliphatic hydroxyl groups is 1. The van der Waals surface area contributed by atoms with E-state index in [0.717, 1.165) is 50.8 Å². The van der Waals surface area contributed by atoms with Crippen molar-refractivity contribution in [3.63, 3.8) is 0 Å². The second kappa shape index (κ2) is 6.83. The molecule has 8 heteroatoms. The summed E-state index contributed by atoms with van der Waals surface area (Å²) in [5.74, 6) is 0.379. The molecule has 2 aromatic heterocycles. The van der Waals surface area contributed by atoms with Crippen LogP contribution in [0.25, 0.3) is 0 Å². The van der Waals surface area contributed by atoms with E-state index in [1.165, 1.54) is 0 Å². The van der Waals surface area contributed by atoms with Gasteiger partial charge in [-0.05, 0) is 44.1 Å². The molecule has 140 valence electrons. The zero-order valence-electron chi connectivity index (χ0n) is 15.1. The Hall–Kier alpha value is -2.22. The van der Waals surface area contributed by atoms with Gasteiger partial charge in [-0.3, -0.25) is 14.2 Å². The molecule has 2 aromatic rings. The lowest BCUT2D eigenvalue weighted by Crippen LogP contribution is -2.39. The van der Waals surface area contributed by atoms with Gasteiger partial charge in [0.2, 0.25) is 5.91 Å². The van der Waals surface area contributed by atoms with Gasteiger partial charge >= 0.3 is 0 Å². The largest absolute Gasteiger partial charge is 0.383 e. The number of hydrogen-bond donors (Lipinski definition) is 2. The Morgan fingerprint density at radius 3 is 2.92 bits per heavy atom. The van der Waals surface area contributed by atoms with E-state index in [4.69, 9.17) is 0 Å². The van der Waals surface area contributed by atoms with E-state index >= 15 is 0 Å². The minimum Gasteiger partial charge on any atom is -0.383 e. The molecule has 2 aliphatic carbocycles. The quantitative estimate of drug-likeness (QED) is 0.800. The van der Waals surface area contributed by atoms with Crippen LogP contribution in [0.4, 0.5) is 0 Å². The third-order valence-electron chi connectivity index (χ3n) is 5.89. The predicted molar refractivity (Wildman–Crippen MR) is 94.0 cm³/mol. The van der Waals surface area contributed by atoms with Gasteiger partial charge in [0.15, 0.2) is 0 Å². The summed E-state index contributed by atoms with van der Waals surface area (Å²) in [6.45, 7) is 0.722. The van der Waals surface area contributed by atoms with Crippen molar-refractivity contribution < 1.29 is 9.90 Å². The molecule has 0 bridgehead atoms. The molecule has 2 heterocycles. The summed E-state index contributed by atoms with van der Waals surface area (Å²) in [5, 5.41) is 26.0. The summed E-state index contributed by atoms with van der Waals surface area (Å²) in [6, 6.07) is 2.03. The Kier molecular flexibility index (Phi) is 4.52. The minimum atomic E-state index is -0.773. The standard InChI is InChI=1S/C18H26N6O2/c1-23-14(6-9-19-23)10-17(25)20-15-5-2-4-13(15)11-24-12-16(21-22-24)18(26)7-3-8-18/h6,9,12-13,15,26H,2-5,7-8,10-11H2,1H3,(H,20,25)/t13-,15-/m1/s1. The number of nitrogens with one attached hydrogen (secondary N) is 1. The molecule has 2 fully saturated rings. The second-order valence-electron chi connectivity index (χ2n) is 7.70. The maximum Gasteiger partial charge on any atom is 0.226 e. The Morgan fingerprint density at radius 1 is 1.38 bits per heavy atom. The molecule has 4 rings (SSSR count). The molecular formula is C18H26N6O2. The number of nitrogens with zero attached hydrogens (tertiary/aromatic N) is 5. The van der Waals surface area contributed by atoms with Gasteiger partial charge in [-0.15, -0.1) is 5.10 Å². The maximum atomic E-state index is 12.4. The van der Waals surface area contributed by atoms with Crippen molar-refractivity contribution >= 4 is 5.91 Å². The average Bonchev–Trinajstić information content (AvgIpc) is 3.30. The van der Waals surface area contributed by atoms with E-state index in [1.807, 2.05) is 24.0 Å². The second-order valence-corrected chi connectivity index (χ2v) is 7.70. The van der Waals surface area contributed by atoms with Gasteiger partial charge in [0.25, 0.3) is 0 Å². The highest BCUT2D eigenvalue weighted by molar-refractivity contribution is 5.78. The first-order valence-electron chi connectivity index (χ1n) is 9.43. The molecule has 0 saturated heterocycles. The van der Waals surface area contributed by atoms with Gasteiger partial charge < -0.3 is 10.4 Å². The fraction of sp³-hybridized carbons (Fsp3) is 0.667. The highest BCUT2D eigenvalue weighted by atomic mass is 16.3. The van der Waals surface area contributed by atoms with Crippen LogP contribution in [0.1, 0.15) is 49.9 Å². The summed E-state index contributed by atoms with van der Waals surface area (Å²) in [4.78, 5) is 12.4. The van der Waals surface area contributed by atoms with Crippen molar-refractivity contribution in [3.8, 4) is 0 Å². The van der Waals surface area contributed by atoms with E-state index in [9.17, 15) is 9.90 Å². The van der Waals surface area contributed by atoms with Crippen LogP contribution in [0.2, 0.25) is 0 Å². The summed E-state index contributed by atoms with van der Waals surface area (Å²) < 4.78 is 3.55. The predicted octanol–water partition coefficient (Wildman–Crippen LogP) is 0.911. The van der Waals surface area contributed by atoms with Crippen molar-refractivity contribution in [1.82, 2.24) is 30.1 Å². The lowest BCUT2D eigenvalue weighted by molar-refractivity contribution is -0.121. The third-order valence-corrected chi connectivity index (χ3v) is 5.89. The molecule has 0 unspecified atom stereocenters. The monoisotopic (exact) mass is 358 g/mol. The fourth-order valence-electron chi connectivity index (χ4n) is 4.05. The summed E-state index contributed by atoms with van der Waals surface area (Å²) in [6.07, 6.45) is 9.65. The normalized spacial score (nSPS) is 24.4. The first kappa shape index (κ1) is 17.2. The average molecular weight is 358 g/mol. The van der Waals surface area contributed by atoms with Crippen molar-refractivity contribution in [1.29, 1.82) is 0 Å². The van der Waals surface area contributed by atoms with E-state index in [1.54, 1.807) is 10.9 Å². The van der Waals surface area contributed by atoms with Crippen LogP contribution in [-0.2, 0) is 30.4 Å². The molecule has 1 amide bonds. The van der Waals surface area contributed by atoms with Crippen LogP contribution in [0, 0.1) is 5.92 Å². The van der Waals surface area contributed by atoms with E-state index in [0.29, 0.717) is 18.0 Å². The van der Waals surface area contributed by atoms with Crippen LogP contribution in [0.5, 0.6) is 0 Å². The topological polar surface area (TPSA) is 97.9 Å². The van der Waals surface area contributed by atoms with Crippen molar-refractivity contribution in [2.75, 3.05) is 0 Å². The van der Waals surface area contributed by atoms with Crippen LogP contribution in [0.15, 0.2) is 18.5 Å². The molecule has 2 saturated carbocycles. The summed E-state index contributed by atoms with van der Waals surface area (Å²) >= 11 is 0. The SMILES string of the molecule is Cn1nccc1CC(=O)N[C@@H]1CCC[C@@H]1Cn1cc(C2(O)CCC2)nn1. The van der Waals surface area contributed by atoms with Gasteiger partial charge in [-0.25, -0.2) is 0 Å². The van der Waals surface area contributed by atoms with Crippen molar-refractivity contribution in [2.45, 2.75) is 63.1 Å². The van der Waals surface area contributed by atoms with Gasteiger partial charge in [0.05, 0.1) is 12.6 Å². The molecule has 2 atom stereocenters. The van der Waals surface area contributed by atoms with Crippen molar-refractivity contribution in [2.24, 2.45) is 13.0 Å². The Bertz CT molecular complexity index is 778.